The number of amides is 1. The van der Waals surface area contributed by atoms with Crippen molar-refractivity contribution in [3.63, 3.8) is 0 Å². The summed E-state index contributed by atoms with van der Waals surface area (Å²) in [6.45, 7) is 6.69. The zero-order chi connectivity index (χ0) is 22.2. The summed E-state index contributed by atoms with van der Waals surface area (Å²) < 4.78 is 19.3. The summed E-state index contributed by atoms with van der Waals surface area (Å²) in [5, 5.41) is 2.68. The lowest BCUT2D eigenvalue weighted by Crippen LogP contribution is -2.27. The van der Waals surface area contributed by atoms with Crippen molar-refractivity contribution >= 4 is 34.6 Å². The Labute approximate surface area is 185 Å². The van der Waals surface area contributed by atoms with Gasteiger partial charge < -0.3 is 14.2 Å². The van der Waals surface area contributed by atoms with Crippen molar-refractivity contribution in [2.75, 3.05) is 18.5 Å². The fourth-order valence-corrected chi connectivity index (χ4v) is 2.95. The fourth-order valence-electron chi connectivity index (χ4n) is 2.73. The van der Waals surface area contributed by atoms with E-state index in [0.717, 1.165) is 5.56 Å². The molecule has 0 aliphatic carbocycles. The number of carbonyl (C=O) groups is 1. The molecule has 2 heterocycles. The van der Waals surface area contributed by atoms with Gasteiger partial charge in [-0.25, -0.2) is 4.98 Å². The Kier molecular flexibility index (Phi) is 8.30. The van der Waals surface area contributed by atoms with Gasteiger partial charge in [-0.2, -0.15) is 9.97 Å². The number of imidazole rings is 1. The van der Waals surface area contributed by atoms with E-state index in [0.29, 0.717) is 31.0 Å². The van der Waals surface area contributed by atoms with Crippen LogP contribution in [0.15, 0.2) is 36.7 Å². The molecule has 1 amide bonds. The first-order chi connectivity index (χ1) is 14.9. The fraction of sp³-hybridized carbons (Fsp3) is 0.429. The van der Waals surface area contributed by atoms with Crippen molar-refractivity contribution in [1.29, 1.82) is 0 Å². The van der Waals surface area contributed by atoms with E-state index >= 15 is 0 Å². The lowest BCUT2D eigenvalue weighted by Gasteiger charge is -2.20. The Morgan fingerprint density at radius 2 is 1.94 bits per heavy atom. The summed E-state index contributed by atoms with van der Waals surface area (Å²) >= 11 is 6.16. The van der Waals surface area contributed by atoms with Crippen LogP contribution >= 0.6 is 11.6 Å². The number of nitrogens with zero attached hydrogens (tertiary/aromatic N) is 4. The lowest BCUT2D eigenvalue weighted by molar-refractivity contribution is -0.114. The maximum Gasteiger partial charge on any atom is 0.232 e. The van der Waals surface area contributed by atoms with Crippen LogP contribution in [0.4, 0.5) is 5.95 Å². The molecule has 0 aliphatic rings. The van der Waals surface area contributed by atoms with Gasteiger partial charge in [0.05, 0.1) is 32.3 Å². The average Bonchev–Trinajstić information content (AvgIpc) is 3.13. The van der Waals surface area contributed by atoms with Gasteiger partial charge in [0.2, 0.25) is 11.9 Å². The second-order valence-electron chi connectivity index (χ2n) is 7.21. The molecule has 1 aromatic carbocycles. The third-order valence-electron chi connectivity index (χ3n) is 4.19. The number of rotatable bonds is 11. The van der Waals surface area contributed by atoms with Crippen LogP contribution in [0.2, 0.25) is 5.15 Å². The van der Waals surface area contributed by atoms with Gasteiger partial charge in [0.25, 0.3) is 0 Å². The summed E-state index contributed by atoms with van der Waals surface area (Å²) in [6.07, 6.45) is 1.41. The van der Waals surface area contributed by atoms with Crippen LogP contribution < -0.4 is 5.32 Å². The highest BCUT2D eigenvalue weighted by Gasteiger charge is 2.15. The van der Waals surface area contributed by atoms with Gasteiger partial charge in [0.15, 0.2) is 10.8 Å². The van der Waals surface area contributed by atoms with Crippen LogP contribution in [0.25, 0.3) is 11.2 Å². The number of fused-ring (bicyclic) bond motifs is 1. The number of hydrogen-bond donors (Lipinski definition) is 1. The van der Waals surface area contributed by atoms with Crippen molar-refractivity contribution in [1.82, 2.24) is 19.5 Å². The van der Waals surface area contributed by atoms with E-state index in [1.807, 2.05) is 44.2 Å². The van der Waals surface area contributed by atoms with E-state index in [9.17, 15) is 4.79 Å². The van der Waals surface area contributed by atoms with Gasteiger partial charge in [-0.15, -0.1) is 0 Å². The number of aromatic nitrogens is 4. The maximum absolute atomic E-state index is 11.3. The Morgan fingerprint density at radius 1 is 1.16 bits per heavy atom. The van der Waals surface area contributed by atoms with Gasteiger partial charge in [-0.05, 0) is 19.4 Å². The Morgan fingerprint density at radius 3 is 2.65 bits per heavy atom. The van der Waals surface area contributed by atoms with Crippen molar-refractivity contribution in [3.05, 3.63) is 47.4 Å². The molecule has 3 aromatic rings. The highest BCUT2D eigenvalue weighted by molar-refractivity contribution is 6.33. The predicted octanol–water partition coefficient (Wildman–Crippen LogP) is 3.42. The molecule has 166 valence electrons. The second-order valence-corrected chi connectivity index (χ2v) is 7.56. The predicted molar refractivity (Wildman–Crippen MR) is 117 cm³/mol. The number of benzene rings is 1. The first-order valence-electron chi connectivity index (χ1n) is 9.93. The van der Waals surface area contributed by atoms with Crippen molar-refractivity contribution in [2.45, 2.75) is 46.3 Å². The minimum Gasteiger partial charge on any atom is -0.376 e. The van der Waals surface area contributed by atoms with E-state index < -0.39 is 0 Å². The lowest BCUT2D eigenvalue weighted by atomic mass is 10.2. The van der Waals surface area contributed by atoms with Crippen LogP contribution in [0, 0.1) is 0 Å². The summed E-state index contributed by atoms with van der Waals surface area (Å²) in [5.41, 5.74) is 1.97. The Balaban J connectivity index is 1.62. The highest BCUT2D eigenvalue weighted by Crippen LogP contribution is 2.20. The molecule has 0 radical (unpaired) electrons. The van der Waals surface area contributed by atoms with Gasteiger partial charge in [-0.3, -0.25) is 14.7 Å². The summed E-state index contributed by atoms with van der Waals surface area (Å²) in [7, 11) is 0. The molecular formula is C21H26ClN5O4. The maximum atomic E-state index is 11.3. The third kappa shape index (κ3) is 6.96. The molecule has 0 bridgehead atoms. The van der Waals surface area contributed by atoms with E-state index in [2.05, 4.69) is 20.3 Å². The van der Waals surface area contributed by atoms with Crippen LogP contribution in [0.1, 0.15) is 26.3 Å². The minimum atomic E-state index is -0.290. The smallest absolute Gasteiger partial charge is 0.232 e. The number of anilines is 1. The van der Waals surface area contributed by atoms with Crippen molar-refractivity contribution < 1.29 is 19.0 Å². The molecule has 31 heavy (non-hydrogen) atoms. The second kappa shape index (κ2) is 11.1. The molecule has 0 saturated carbocycles. The van der Waals surface area contributed by atoms with Crippen molar-refractivity contribution in [2.24, 2.45) is 0 Å². The SMILES string of the molecule is CC(=O)Nc1nc(Cl)c2ncn(COCC(COC(C)C)OCc3ccccc3)c2n1. The van der Waals surface area contributed by atoms with E-state index in [4.69, 9.17) is 25.8 Å². The molecular weight excluding hydrogens is 422 g/mol. The van der Waals surface area contributed by atoms with E-state index in [1.54, 1.807) is 10.9 Å². The average molecular weight is 448 g/mol. The topological polar surface area (TPSA) is 100 Å². The summed E-state index contributed by atoms with van der Waals surface area (Å²) in [6, 6.07) is 9.93. The van der Waals surface area contributed by atoms with Gasteiger partial charge in [0, 0.05) is 6.92 Å². The molecule has 1 N–H and O–H groups in total. The van der Waals surface area contributed by atoms with Gasteiger partial charge in [-0.1, -0.05) is 41.9 Å². The Hall–Kier alpha value is -2.59. The molecule has 1 atom stereocenters. The molecule has 0 fully saturated rings. The standard InChI is InChI=1S/C21H26ClN5O4/c1-14(2)30-11-17(31-9-16-7-5-4-6-8-16)10-29-13-27-12-23-18-19(22)25-21(24-15(3)28)26-20(18)27/h4-8,12,14,17H,9-11,13H2,1-3H3,(H,24,25,26,28). The first-order valence-corrected chi connectivity index (χ1v) is 10.3. The first kappa shape index (κ1) is 23.1. The number of carbonyl (C=O) groups excluding carboxylic acids is 1. The molecule has 0 saturated heterocycles. The van der Waals surface area contributed by atoms with Gasteiger partial charge in [0.1, 0.15) is 18.4 Å². The van der Waals surface area contributed by atoms with Gasteiger partial charge >= 0.3 is 0 Å². The number of halogens is 1. The van der Waals surface area contributed by atoms with Crippen LogP contribution in [-0.2, 0) is 32.3 Å². The number of hydrogen-bond acceptors (Lipinski definition) is 7. The largest absolute Gasteiger partial charge is 0.376 e. The minimum absolute atomic E-state index is 0.0893. The molecule has 1 unspecified atom stereocenters. The van der Waals surface area contributed by atoms with E-state index in [1.165, 1.54) is 6.92 Å². The molecule has 10 heteroatoms. The number of ether oxygens (including phenoxy) is 3. The van der Waals surface area contributed by atoms with E-state index in [-0.39, 0.29) is 35.9 Å². The molecule has 0 aliphatic heterocycles. The zero-order valence-electron chi connectivity index (χ0n) is 17.7. The van der Waals surface area contributed by atoms with Crippen LogP contribution in [0.5, 0.6) is 0 Å². The molecule has 3 rings (SSSR count). The van der Waals surface area contributed by atoms with Crippen LogP contribution in [-0.4, -0.2) is 50.8 Å². The zero-order valence-corrected chi connectivity index (χ0v) is 18.5. The molecule has 2 aromatic heterocycles. The quantitative estimate of drug-likeness (QED) is 0.449. The molecule has 0 spiro atoms. The van der Waals surface area contributed by atoms with Crippen LogP contribution in [0.3, 0.4) is 0 Å². The highest BCUT2D eigenvalue weighted by atomic mass is 35.5. The normalized spacial score (nSPS) is 12.4. The van der Waals surface area contributed by atoms with Crippen molar-refractivity contribution in [3.8, 4) is 0 Å². The summed E-state index contributed by atoms with van der Waals surface area (Å²) in [5.74, 6) is -0.178. The number of nitrogens with one attached hydrogen (secondary N) is 1. The summed E-state index contributed by atoms with van der Waals surface area (Å²) in [4.78, 5) is 23.9. The molecule has 9 nitrogen and oxygen atoms in total. The third-order valence-corrected chi connectivity index (χ3v) is 4.45. The monoisotopic (exact) mass is 447 g/mol. The Bertz CT molecular complexity index is 996.